The molecule has 1 aromatic heterocycles. The molecule has 0 radical (unpaired) electrons. The Kier molecular flexibility index (Phi) is 3.81. The maximum absolute atomic E-state index is 13.5. The number of carbonyl (C=O) groups is 1. The fourth-order valence-electron chi connectivity index (χ4n) is 3.00. The first-order chi connectivity index (χ1) is 12.1. The van der Waals surface area contributed by atoms with E-state index in [9.17, 15) is 9.18 Å². The van der Waals surface area contributed by atoms with Crippen molar-refractivity contribution in [3.63, 3.8) is 0 Å². The molecule has 4 nitrogen and oxygen atoms in total. The second-order valence-electron chi connectivity index (χ2n) is 6.22. The van der Waals surface area contributed by atoms with E-state index in [1.807, 2.05) is 18.2 Å². The number of aromatic nitrogens is 2. The Bertz CT molecular complexity index is 949. The summed E-state index contributed by atoms with van der Waals surface area (Å²) in [5, 5.41) is 10.5. The maximum atomic E-state index is 13.5. The van der Waals surface area contributed by atoms with Crippen LogP contribution in [-0.2, 0) is 5.54 Å². The predicted octanol–water partition coefficient (Wildman–Crippen LogP) is 4.29. The second-order valence-corrected chi connectivity index (χ2v) is 6.65. The van der Waals surface area contributed by atoms with Gasteiger partial charge in [-0.1, -0.05) is 35.9 Å². The monoisotopic (exact) mass is 355 g/mol. The number of nitrogens with one attached hydrogen (secondary N) is 2. The third-order valence-corrected chi connectivity index (χ3v) is 4.71. The molecule has 4 rings (SSSR count). The molecule has 1 amide bonds. The van der Waals surface area contributed by atoms with Crippen molar-refractivity contribution in [3.05, 3.63) is 76.7 Å². The van der Waals surface area contributed by atoms with E-state index in [1.165, 1.54) is 18.3 Å². The van der Waals surface area contributed by atoms with Crippen molar-refractivity contribution in [3.8, 4) is 11.3 Å². The van der Waals surface area contributed by atoms with E-state index in [0.717, 1.165) is 18.4 Å². The number of hydrogen-bond acceptors (Lipinski definition) is 2. The summed E-state index contributed by atoms with van der Waals surface area (Å²) in [4.78, 5) is 12.8. The van der Waals surface area contributed by atoms with E-state index < -0.39 is 5.54 Å². The summed E-state index contributed by atoms with van der Waals surface area (Å²) in [7, 11) is 0. The number of nitrogens with zero attached hydrogens (tertiary/aromatic N) is 1. The van der Waals surface area contributed by atoms with E-state index in [2.05, 4.69) is 15.5 Å². The van der Waals surface area contributed by atoms with Gasteiger partial charge >= 0.3 is 0 Å². The lowest BCUT2D eigenvalue weighted by Gasteiger charge is -2.18. The summed E-state index contributed by atoms with van der Waals surface area (Å²) in [6.07, 6.45) is 3.17. The molecular formula is C19H15ClFN3O. The molecule has 0 aliphatic heterocycles. The molecule has 0 unspecified atom stereocenters. The number of halogens is 2. The van der Waals surface area contributed by atoms with E-state index in [-0.39, 0.29) is 11.7 Å². The van der Waals surface area contributed by atoms with Gasteiger partial charge in [-0.25, -0.2) is 4.39 Å². The van der Waals surface area contributed by atoms with Crippen LogP contribution < -0.4 is 5.32 Å². The minimum Gasteiger partial charge on any atom is -0.342 e. The Morgan fingerprint density at radius 2 is 2.00 bits per heavy atom. The molecule has 1 heterocycles. The van der Waals surface area contributed by atoms with Crippen LogP contribution in [0.5, 0.6) is 0 Å². The molecular weight excluding hydrogens is 341 g/mol. The van der Waals surface area contributed by atoms with Gasteiger partial charge in [-0.2, -0.15) is 5.10 Å². The molecule has 2 N–H and O–H groups in total. The number of rotatable bonds is 4. The first-order valence-electron chi connectivity index (χ1n) is 7.95. The third kappa shape index (κ3) is 3.03. The molecule has 1 aliphatic rings. The Morgan fingerprint density at radius 1 is 1.20 bits per heavy atom. The van der Waals surface area contributed by atoms with Crippen molar-refractivity contribution >= 4 is 17.5 Å². The van der Waals surface area contributed by atoms with Gasteiger partial charge in [0.15, 0.2) is 0 Å². The van der Waals surface area contributed by atoms with E-state index in [4.69, 9.17) is 11.6 Å². The first-order valence-corrected chi connectivity index (χ1v) is 8.33. The lowest BCUT2D eigenvalue weighted by Crippen LogP contribution is -2.34. The van der Waals surface area contributed by atoms with Crippen LogP contribution in [0.3, 0.4) is 0 Å². The average molecular weight is 356 g/mol. The quantitative estimate of drug-likeness (QED) is 0.733. The maximum Gasteiger partial charge on any atom is 0.255 e. The van der Waals surface area contributed by atoms with E-state index in [0.29, 0.717) is 21.8 Å². The fourth-order valence-corrected chi connectivity index (χ4v) is 3.19. The molecule has 1 saturated carbocycles. The van der Waals surface area contributed by atoms with Crippen molar-refractivity contribution < 1.29 is 9.18 Å². The second kappa shape index (κ2) is 6.01. The van der Waals surface area contributed by atoms with Crippen molar-refractivity contribution in [1.29, 1.82) is 0 Å². The van der Waals surface area contributed by atoms with Gasteiger partial charge in [-0.05, 0) is 42.7 Å². The Hall–Kier alpha value is -2.66. The third-order valence-electron chi connectivity index (χ3n) is 4.48. The van der Waals surface area contributed by atoms with Crippen molar-refractivity contribution in [2.24, 2.45) is 0 Å². The topological polar surface area (TPSA) is 57.8 Å². The molecule has 1 aliphatic carbocycles. The molecule has 0 atom stereocenters. The van der Waals surface area contributed by atoms with Crippen molar-refractivity contribution in [2.45, 2.75) is 18.4 Å². The largest absolute Gasteiger partial charge is 0.342 e. The van der Waals surface area contributed by atoms with Gasteiger partial charge in [-0.15, -0.1) is 0 Å². The van der Waals surface area contributed by atoms with Gasteiger partial charge in [-0.3, -0.25) is 9.89 Å². The van der Waals surface area contributed by atoms with Crippen LogP contribution >= 0.6 is 11.6 Å². The molecule has 2 aromatic carbocycles. The average Bonchev–Trinajstić information content (AvgIpc) is 3.20. The molecule has 25 heavy (non-hydrogen) atoms. The van der Waals surface area contributed by atoms with Gasteiger partial charge in [0.05, 0.1) is 23.0 Å². The summed E-state index contributed by atoms with van der Waals surface area (Å²) >= 11 is 6.07. The number of H-pyrrole nitrogens is 1. The number of amides is 1. The lowest BCUT2D eigenvalue weighted by molar-refractivity contribution is 0.0931. The normalized spacial score (nSPS) is 15.0. The zero-order chi connectivity index (χ0) is 17.4. The van der Waals surface area contributed by atoms with Gasteiger partial charge in [0, 0.05) is 10.6 Å². The van der Waals surface area contributed by atoms with Crippen LogP contribution in [0.4, 0.5) is 4.39 Å². The van der Waals surface area contributed by atoms with Crippen molar-refractivity contribution in [1.82, 2.24) is 15.5 Å². The predicted molar refractivity (Wildman–Crippen MR) is 93.8 cm³/mol. The van der Waals surface area contributed by atoms with Crippen LogP contribution in [0, 0.1) is 5.82 Å². The minimum atomic E-state index is -0.390. The van der Waals surface area contributed by atoms with Crippen LogP contribution in [0.15, 0.2) is 54.7 Å². The zero-order valence-electron chi connectivity index (χ0n) is 13.2. The lowest BCUT2D eigenvalue weighted by atomic mass is 10.0. The highest BCUT2D eigenvalue weighted by Gasteiger charge is 2.46. The summed E-state index contributed by atoms with van der Waals surface area (Å²) in [5.41, 5.74) is 2.07. The van der Waals surface area contributed by atoms with Gasteiger partial charge < -0.3 is 5.32 Å². The summed E-state index contributed by atoms with van der Waals surface area (Å²) in [5.74, 6) is -0.610. The number of benzene rings is 2. The molecule has 0 bridgehead atoms. The van der Waals surface area contributed by atoms with Crippen LogP contribution in [0.25, 0.3) is 11.3 Å². The zero-order valence-corrected chi connectivity index (χ0v) is 14.0. The van der Waals surface area contributed by atoms with E-state index >= 15 is 0 Å². The van der Waals surface area contributed by atoms with Crippen LogP contribution in [0.1, 0.15) is 28.8 Å². The first kappa shape index (κ1) is 15.8. The Morgan fingerprint density at radius 3 is 2.72 bits per heavy atom. The molecule has 6 heteroatoms. The van der Waals surface area contributed by atoms with Gasteiger partial charge in [0.2, 0.25) is 0 Å². The summed E-state index contributed by atoms with van der Waals surface area (Å²) < 4.78 is 13.5. The Labute approximate surface area is 149 Å². The summed E-state index contributed by atoms with van der Waals surface area (Å²) in [6.45, 7) is 0. The number of hydrogen-bond donors (Lipinski definition) is 2. The Balaban J connectivity index is 1.62. The van der Waals surface area contributed by atoms with Gasteiger partial charge in [0.25, 0.3) is 5.91 Å². The molecule has 1 fully saturated rings. The highest BCUT2D eigenvalue weighted by atomic mass is 35.5. The SMILES string of the molecule is O=C(NC1(c2cccc(Cl)c2)CC1)c1cn[nH]c1-c1cccc(F)c1. The number of aromatic amines is 1. The van der Waals surface area contributed by atoms with Gasteiger partial charge in [0.1, 0.15) is 5.82 Å². The van der Waals surface area contributed by atoms with Crippen LogP contribution in [-0.4, -0.2) is 16.1 Å². The fraction of sp³-hybridized carbons (Fsp3) is 0.158. The molecule has 126 valence electrons. The molecule has 0 saturated heterocycles. The minimum absolute atomic E-state index is 0.245. The smallest absolute Gasteiger partial charge is 0.255 e. The van der Waals surface area contributed by atoms with Crippen LogP contribution in [0.2, 0.25) is 5.02 Å². The van der Waals surface area contributed by atoms with Crippen molar-refractivity contribution in [2.75, 3.05) is 0 Å². The standard InChI is InChI=1S/C19H15ClFN3O/c20-14-5-2-4-13(10-14)19(7-8-19)23-18(25)16-11-22-24-17(16)12-3-1-6-15(21)9-12/h1-6,9-11H,7-8H2,(H,22,24)(H,23,25). The highest BCUT2D eigenvalue weighted by molar-refractivity contribution is 6.30. The summed E-state index contributed by atoms with van der Waals surface area (Å²) in [6, 6.07) is 13.6. The number of carbonyl (C=O) groups excluding carboxylic acids is 1. The molecule has 0 spiro atoms. The molecule has 3 aromatic rings. The highest BCUT2D eigenvalue weighted by Crippen LogP contribution is 2.46. The van der Waals surface area contributed by atoms with E-state index in [1.54, 1.807) is 18.2 Å².